The maximum absolute atomic E-state index is 12.5. The van der Waals surface area contributed by atoms with E-state index in [1.165, 1.54) is 31.2 Å². The molecule has 1 aromatic rings. The largest absolute Gasteiger partial charge is 0.314 e. The van der Waals surface area contributed by atoms with E-state index in [1.54, 1.807) is 0 Å². The molecule has 0 bridgehead atoms. The Morgan fingerprint density at radius 1 is 1.24 bits per heavy atom. The molecule has 0 amide bonds. The van der Waals surface area contributed by atoms with Crippen LogP contribution in [0.25, 0.3) is 0 Å². The summed E-state index contributed by atoms with van der Waals surface area (Å²) in [4.78, 5) is 12.5. The Kier molecular flexibility index (Phi) is 4.74. The van der Waals surface area contributed by atoms with Gasteiger partial charge in [-0.3, -0.25) is 4.79 Å². The molecule has 114 valence electrons. The first-order valence-electron chi connectivity index (χ1n) is 8.63. The van der Waals surface area contributed by atoms with E-state index in [0.29, 0.717) is 11.8 Å². The van der Waals surface area contributed by atoms with Crippen LogP contribution < -0.4 is 5.32 Å². The van der Waals surface area contributed by atoms with E-state index in [-0.39, 0.29) is 5.92 Å². The smallest absolute Gasteiger partial charge is 0.166 e. The highest BCUT2D eigenvalue weighted by molar-refractivity contribution is 6.00. The highest BCUT2D eigenvalue weighted by atomic mass is 16.1. The topological polar surface area (TPSA) is 29.1 Å². The number of carbonyl (C=O) groups excluding carboxylic acids is 1. The maximum atomic E-state index is 12.5. The standard InChI is InChI=1S/C19H27NO/c1-2-17(13-14-7-8-14)20-12-11-16-10-9-15-5-3-4-6-18(15)19(16)21/h3-6,14,16-17,20H,2,7-13H2,1H3. The van der Waals surface area contributed by atoms with E-state index < -0.39 is 0 Å². The molecular formula is C19H27NO. The van der Waals surface area contributed by atoms with Gasteiger partial charge in [0.15, 0.2) is 5.78 Å². The van der Waals surface area contributed by atoms with Crippen LogP contribution in [0.15, 0.2) is 24.3 Å². The third kappa shape index (κ3) is 3.74. The van der Waals surface area contributed by atoms with Gasteiger partial charge in [0.05, 0.1) is 0 Å². The first kappa shape index (κ1) is 14.8. The minimum absolute atomic E-state index is 0.228. The minimum atomic E-state index is 0.228. The van der Waals surface area contributed by atoms with E-state index >= 15 is 0 Å². The maximum Gasteiger partial charge on any atom is 0.166 e. The third-order valence-corrected chi connectivity index (χ3v) is 5.15. The van der Waals surface area contributed by atoms with Gasteiger partial charge >= 0.3 is 0 Å². The Morgan fingerprint density at radius 3 is 2.81 bits per heavy atom. The summed E-state index contributed by atoms with van der Waals surface area (Å²) in [5.74, 6) is 1.57. The van der Waals surface area contributed by atoms with Crippen LogP contribution in [0.2, 0.25) is 0 Å². The average molecular weight is 285 g/mol. The SMILES string of the molecule is CCC(CC1CC1)NCCC1CCc2ccccc2C1=O. The zero-order valence-corrected chi connectivity index (χ0v) is 13.1. The predicted molar refractivity (Wildman–Crippen MR) is 86.6 cm³/mol. The molecule has 1 saturated carbocycles. The van der Waals surface area contributed by atoms with Crippen molar-refractivity contribution in [1.82, 2.24) is 5.32 Å². The highest BCUT2D eigenvalue weighted by Crippen LogP contribution is 2.34. The summed E-state index contributed by atoms with van der Waals surface area (Å²) in [5, 5.41) is 3.68. The van der Waals surface area contributed by atoms with Crippen LogP contribution >= 0.6 is 0 Å². The molecule has 2 heteroatoms. The summed E-state index contributed by atoms with van der Waals surface area (Å²) in [6.07, 6.45) is 8.47. The molecular weight excluding hydrogens is 258 g/mol. The molecule has 0 saturated heterocycles. The molecule has 2 nitrogen and oxygen atoms in total. The summed E-state index contributed by atoms with van der Waals surface area (Å²) in [5.41, 5.74) is 2.21. The lowest BCUT2D eigenvalue weighted by molar-refractivity contribution is 0.0894. The van der Waals surface area contributed by atoms with E-state index in [2.05, 4.69) is 18.3 Å². The van der Waals surface area contributed by atoms with Crippen LogP contribution in [0.1, 0.15) is 61.4 Å². The fraction of sp³-hybridized carbons (Fsp3) is 0.632. The van der Waals surface area contributed by atoms with Crippen LogP contribution in [0, 0.1) is 11.8 Å². The second kappa shape index (κ2) is 6.74. The van der Waals surface area contributed by atoms with Crippen molar-refractivity contribution >= 4 is 5.78 Å². The van der Waals surface area contributed by atoms with Gasteiger partial charge in [0.25, 0.3) is 0 Å². The van der Waals surface area contributed by atoms with E-state index in [0.717, 1.165) is 37.3 Å². The van der Waals surface area contributed by atoms with Gasteiger partial charge in [0.2, 0.25) is 0 Å². The summed E-state index contributed by atoms with van der Waals surface area (Å²) >= 11 is 0. The first-order chi connectivity index (χ1) is 10.3. The number of Topliss-reactive ketones (excluding diaryl/α,β-unsaturated/α-hetero) is 1. The third-order valence-electron chi connectivity index (χ3n) is 5.15. The molecule has 2 aliphatic carbocycles. The van der Waals surface area contributed by atoms with Crippen molar-refractivity contribution in [3.05, 3.63) is 35.4 Å². The van der Waals surface area contributed by atoms with Crippen LogP contribution in [0.3, 0.4) is 0 Å². The molecule has 0 heterocycles. The summed E-state index contributed by atoms with van der Waals surface area (Å²) in [6.45, 7) is 3.26. The van der Waals surface area contributed by atoms with Crippen molar-refractivity contribution in [3.8, 4) is 0 Å². The number of hydrogen-bond donors (Lipinski definition) is 1. The minimum Gasteiger partial charge on any atom is -0.314 e. The monoisotopic (exact) mass is 285 g/mol. The summed E-state index contributed by atoms with van der Waals surface area (Å²) < 4.78 is 0. The number of fused-ring (bicyclic) bond motifs is 1. The van der Waals surface area contributed by atoms with Gasteiger partial charge in [-0.25, -0.2) is 0 Å². The van der Waals surface area contributed by atoms with Crippen molar-refractivity contribution in [1.29, 1.82) is 0 Å². The number of aryl methyl sites for hydroxylation is 1. The molecule has 2 unspecified atom stereocenters. The van der Waals surface area contributed by atoms with Gasteiger partial charge < -0.3 is 5.32 Å². The number of hydrogen-bond acceptors (Lipinski definition) is 2. The van der Waals surface area contributed by atoms with Gasteiger partial charge in [-0.05, 0) is 50.1 Å². The van der Waals surface area contributed by atoms with Gasteiger partial charge in [-0.1, -0.05) is 44.0 Å². The Balaban J connectivity index is 1.48. The van der Waals surface area contributed by atoms with E-state index in [9.17, 15) is 4.79 Å². The van der Waals surface area contributed by atoms with Crippen molar-refractivity contribution in [2.45, 2.75) is 57.9 Å². The van der Waals surface area contributed by atoms with Crippen molar-refractivity contribution in [3.63, 3.8) is 0 Å². The number of ketones is 1. The fourth-order valence-electron chi connectivity index (χ4n) is 3.55. The van der Waals surface area contributed by atoms with Gasteiger partial charge in [0, 0.05) is 17.5 Å². The average Bonchev–Trinajstić information content (AvgIpc) is 3.33. The van der Waals surface area contributed by atoms with Gasteiger partial charge in [-0.15, -0.1) is 0 Å². The molecule has 0 aromatic heterocycles. The number of rotatable bonds is 7. The molecule has 3 rings (SSSR count). The number of benzene rings is 1. The lowest BCUT2D eigenvalue weighted by atomic mass is 9.81. The quantitative estimate of drug-likeness (QED) is 0.820. The normalized spacial score (nSPS) is 22.9. The second-order valence-corrected chi connectivity index (χ2v) is 6.78. The second-order valence-electron chi connectivity index (χ2n) is 6.78. The van der Waals surface area contributed by atoms with Crippen molar-refractivity contribution in [2.24, 2.45) is 11.8 Å². The van der Waals surface area contributed by atoms with E-state index in [4.69, 9.17) is 0 Å². The number of nitrogens with one attached hydrogen (secondary N) is 1. The predicted octanol–water partition coefficient (Wildman–Crippen LogP) is 3.99. The summed E-state index contributed by atoms with van der Waals surface area (Å²) in [6, 6.07) is 8.78. The fourth-order valence-corrected chi connectivity index (χ4v) is 3.55. The van der Waals surface area contributed by atoms with Crippen LogP contribution in [0.5, 0.6) is 0 Å². The Hall–Kier alpha value is -1.15. The molecule has 1 N–H and O–H groups in total. The van der Waals surface area contributed by atoms with Crippen LogP contribution in [-0.2, 0) is 6.42 Å². The zero-order chi connectivity index (χ0) is 14.7. The first-order valence-corrected chi connectivity index (χ1v) is 8.63. The van der Waals surface area contributed by atoms with Crippen molar-refractivity contribution < 1.29 is 4.79 Å². The van der Waals surface area contributed by atoms with Crippen molar-refractivity contribution in [2.75, 3.05) is 6.54 Å². The molecule has 0 aliphatic heterocycles. The molecule has 2 aliphatic rings. The lowest BCUT2D eigenvalue weighted by Crippen LogP contribution is -2.33. The molecule has 0 radical (unpaired) electrons. The zero-order valence-electron chi connectivity index (χ0n) is 13.1. The summed E-state index contributed by atoms with van der Waals surface area (Å²) in [7, 11) is 0. The molecule has 1 fully saturated rings. The molecule has 2 atom stereocenters. The Bertz CT molecular complexity index is 492. The van der Waals surface area contributed by atoms with Crippen LogP contribution in [0.4, 0.5) is 0 Å². The Morgan fingerprint density at radius 2 is 2.05 bits per heavy atom. The molecule has 21 heavy (non-hydrogen) atoms. The highest BCUT2D eigenvalue weighted by Gasteiger charge is 2.27. The Labute approximate surface area is 128 Å². The lowest BCUT2D eigenvalue weighted by Gasteiger charge is -2.24. The number of carbonyl (C=O) groups is 1. The van der Waals surface area contributed by atoms with E-state index in [1.807, 2.05) is 18.2 Å². The molecule has 1 aromatic carbocycles. The van der Waals surface area contributed by atoms with Gasteiger partial charge in [-0.2, -0.15) is 0 Å². The van der Waals surface area contributed by atoms with Gasteiger partial charge in [0.1, 0.15) is 0 Å². The molecule has 0 spiro atoms. The van der Waals surface area contributed by atoms with Crippen LogP contribution in [-0.4, -0.2) is 18.4 Å².